The van der Waals surface area contributed by atoms with Crippen LogP contribution in [0.4, 0.5) is 0 Å². The monoisotopic (exact) mass is 1400 g/mol. The van der Waals surface area contributed by atoms with Crippen molar-refractivity contribution in [1.82, 2.24) is 19.1 Å². The minimum Gasteiger partial charge on any atom is -0.309 e. The van der Waals surface area contributed by atoms with Gasteiger partial charge in [0, 0.05) is 78.3 Å². The van der Waals surface area contributed by atoms with Gasteiger partial charge in [0.1, 0.15) is 0 Å². The van der Waals surface area contributed by atoms with Crippen LogP contribution in [0.5, 0.6) is 0 Å². The molecular formula is C106H68N4. The quantitative estimate of drug-likeness (QED) is 0.128. The summed E-state index contributed by atoms with van der Waals surface area (Å²) in [6.45, 7) is 0. The number of pyridine rings is 2. The molecule has 0 bridgehead atoms. The smallest absolute Gasteiger partial charge is 0.0703 e. The first-order valence-electron chi connectivity index (χ1n) is 37.8. The summed E-state index contributed by atoms with van der Waals surface area (Å²) in [5.74, 6) is 0. The second kappa shape index (κ2) is 26.8. The van der Waals surface area contributed by atoms with E-state index < -0.39 is 0 Å². The van der Waals surface area contributed by atoms with Crippen molar-refractivity contribution in [3.63, 3.8) is 0 Å². The number of fused-ring (bicyclic) bond motifs is 14. The van der Waals surface area contributed by atoms with E-state index >= 15 is 0 Å². The molecule has 0 radical (unpaired) electrons. The molecule has 0 saturated carbocycles. The lowest BCUT2D eigenvalue weighted by Gasteiger charge is -2.18. The number of rotatable bonds is 10. The molecule has 4 aromatic heterocycles. The van der Waals surface area contributed by atoms with Gasteiger partial charge in [0.25, 0.3) is 0 Å². The molecule has 0 amide bonds. The number of hydrogen-bond acceptors (Lipinski definition) is 2. The van der Waals surface area contributed by atoms with Gasteiger partial charge in [0.2, 0.25) is 0 Å². The molecule has 4 heteroatoms. The first-order valence-corrected chi connectivity index (χ1v) is 37.8. The van der Waals surface area contributed by atoms with Crippen molar-refractivity contribution in [3.05, 3.63) is 413 Å². The first kappa shape index (κ1) is 63.9. The summed E-state index contributed by atoms with van der Waals surface area (Å²) in [6, 6.07) is 145. The molecule has 4 nitrogen and oxygen atoms in total. The fourth-order valence-corrected chi connectivity index (χ4v) is 17.4. The molecule has 22 rings (SSSR count). The summed E-state index contributed by atoms with van der Waals surface area (Å²) in [6.07, 6.45) is 4.12. The highest BCUT2D eigenvalue weighted by molar-refractivity contribution is 6.24. The van der Waals surface area contributed by atoms with Crippen LogP contribution in [0.25, 0.3) is 209 Å². The van der Waals surface area contributed by atoms with Crippen molar-refractivity contribution in [2.24, 2.45) is 0 Å². The Labute approximate surface area is 636 Å². The Morgan fingerprint density at radius 2 is 0.455 bits per heavy atom. The molecule has 0 atom stereocenters. The Morgan fingerprint density at radius 3 is 0.855 bits per heavy atom. The third kappa shape index (κ3) is 10.8. The number of hydrogen-bond donors (Lipinski definition) is 0. The lowest BCUT2D eigenvalue weighted by Crippen LogP contribution is -1.94. The maximum atomic E-state index is 5.16. The van der Waals surface area contributed by atoms with Crippen LogP contribution in [0.1, 0.15) is 0 Å². The Kier molecular flexibility index (Phi) is 15.5. The second-order valence-corrected chi connectivity index (χ2v) is 28.6. The predicted octanol–water partition coefficient (Wildman–Crippen LogP) is 28.6. The Balaban J connectivity index is 0.000000140. The lowest BCUT2D eigenvalue weighted by atomic mass is 9.86. The standard InChI is InChI=1S/2C53H34N2/c1-3-13-35(14-4-1)36-23-25-38(26-24-36)51-44-19-9-11-21-46(44)52(47-22-12-10-20-45(47)51)40-29-32-49(54-34-40)39-28-30-43-48-31-27-37-15-7-8-18-42(37)53(48)55(50(43)33-39)41-16-5-2-6-17-41;1-3-13-35(14-4-1)36-23-25-38(26-24-36)51-43-19-9-11-21-45(43)52(46-22-12-10-20-44(46)51)40-28-31-49(54-34-40)39-29-32-50-48(33-39)47-30-27-37-15-7-8-18-42(37)53(47)55(50)41-16-5-2-6-17-41/h2*1-34H. The molecule has 0 saturated heterocycles. The summed E-state index contributed by atoms with van der Waals surface area (Å²) in [5, 5.41) is 19.7. The van der Waals surface area contributed by atoms with Gasteiger partial charge in [-0.05, 0) is 164 Å². The number of benzene rings is 18. The van der Waals surface area contributed by atoms with Gasteiger partial charge in [-0.3, -0.25) is 9.97 Å². The van der Waals surface area contributed by atoms with E-state index in [9.17, 15) is 0 Å². The maximum absolute atomic E-state index is 5.16. The molecule has 0 N–H and O–H groups in total. The molecule has 0 unspecified atom stereocenters. The maximum Gasteiger partial charge on any atom is 0.0703 e. The second-order valence-electron chi connectivity index (χ2n) is 28.6. The minimum absolute atomic E-state index is 0.948. The molecule has 18 aromatic carbocycles. The van der Waals surface area contributed by atoms with Gasteiger partial charge >= 0.3 is 0 Å². The van der Waals surface area contributed by atoms with E-state index in [2.05, 4.69) is 422 Å². The highest BCUT2D eigenvalue weighted by Gasteiger charge is 2.23. The normalized spacial score (nSPS) is 11.6. The predicted molar refractivity (Wildman–Crippen MR) is 466 cm³/mol. The third-order valence-electron chi connectivity index (χ3n) is 22.5. The Bertz CT molecular complexity index is 7160. The third-order valence-corrected chi connectivity index (χ3v) is 22.5. The van der Waals surface area contributed by atoms with Gasteiger partial charge in [-0.15, -0.1) is 0 Å². The van der Waals surface area contributed by atoms with Crippen molar-refractivity contribution in [2.75, 3.05) is 0 Å². The molecule has 0 aliphatic carbocycles. The molecule has 4 heterocycles. The van der Waals surface area contributed by atoms with E-state index in [4.69, 9.17) is 9.97 Å². The zero-order chi connectivity index (χ0) is 72.6. The molecule has 0 aliphatic rings. The highest BCUT2D eigenvalue weighted by Crippen LogP contribution is 2.48. The molecular weight excluding hydrogens is 1330 g/mol. The van der Waals surface area contributed by atoms with Crippen molar-refractivity contribution in [3.8, 4) is 101 Å². The van der Waals surface area contributed by atoms with Crippen LogP contribution in [0.3, 0.4) is 0 Å². The van der Waals surface area contributed by atoms with Gasteiger partial charge in [-0.2, -0.15) is 0 Å². The fraction of sp³-hybridized carbons (Fsp3) is 0. The van der Waals surface area contributed by atoms with Gasteiger partial charge in [0.15, 0.2) is 0 Å². The highest BCUT2D eigenvalue weighted by atomic mass is 15.0. The molecule has 512 valence electrons. The molecule has 110 heavy (non-hydrogen) atoms. The van der Waals surface area contributed by atoms with Gasteiger partial charge in [-0.1, -0.05) is 346 Å². The van der Waals surface area contributed by atoms with Gasteiger partial charge in [-0.25, -0.2) is 0 Å². The van der Waals surface area contributed by atoms with Crippen LogP contribution < -0.4 is 0 Å². The lowest BCUT2D eigenvalue weighted by molar-refractivity contribution is 1.19. The van der Waals surface area contributed by atoms with Gasteiger partial charge < -0.3 is 9.13 Å². The summed E-state index contributed by atoms with van der Waals surface area (Å²) in [5.41, 5.74) is 25.7. The van der Waals surface area contributed by atoms with Gasteiger partial charge in [0.05, 0.1) is 33.5 Å². The van der Waals surface area contributed by atoms with Crippen LogP contribution >= 0.6 is 0 Å². The minimum atomic E-state index is 0.948. The number of nitrogens with zero attached hydrogens (tertiary/aromatic N) is 4. The number of para-hydroxylation sites is 2. The van der Waals surface area contributed by atoms with E-state index in [1.54, 1.807) is 0 Å². The average Bonchev–Trinajstić information content (AvgIpc) is 0.853. The molecule has 0 aliphatic heterocycles. The van der Waals surface area contributed by atoms with Crippen LogP contribution in [-0.2, 0) is 0 Å². The number of aromatic nitrogens is 4. The Morgan fingerprint density at radius 1 is 0.164 bits per heavy atom. The van der Waals surface area contributed by atoms with Crippen LogP contribution in [-0.4, -0.2) is 19.1 Å². The van der Waals surface area contributed by atoms with E-state index in [1.807, 2.05) is 0 Å². The van der Waals surface area contributed by atoms with Crippen molar-refractivity contribution in [2.45, 2.75) is 0 Å². The SMILES string of the molecule is c1ccc(-c2ccc(-c3c4ccccc4c(-c4ccc(-c5ccc6c(c5)c5ccc7ccccc7c5n6-c5ccccc5)nc4)c4ccccc34)cc2)cc1.c1ccc(-c2ccc(-c3c4ccccc4c(-c4ccc(-c5ccc6c7ccc8ccccc8c7n(-c7ccccc7)c6c5)nc4)c4ccccc34)cc2)cc1. The van der Waals surface area contributed by atoms with Crippen LogP contribution in [0.15, 0.2) is 413 Å². The molecule has 0 spiro atoms. The van der Waals surface area contributed by atoms with E-state index in [1.165, 1.54) is 164 Å². The van der Waals surface area contributed by atoms with Crippen LogP contribution in [0.2, 0.25) is 0 Å². The van der Waals surface area contributed by atoms with Crippen LogP contribution in [0, 0.1) is 0 Å². The summed E-state index contributed by atoms with van der Waals surface area (Å²) >= 11 is 0. The zero-order valence-corrected chi connectivity index (χ0v) is 60.0. The average molecular weight is 1400 g/mol. The largest absolute Gasteiger partial charge is 0.309 e. The van der Waals surface area contributed by atoms with E-state index in [0.717, 1.165) is 45.0 Å². The van der Waals surface area contributed by atoms with Crippen molar-refractivity contribution in [1.29, 1.82) is 0 Å². The summed E-state index contributed by atoms with van der Waals surface area (Å²) in [4.78, 5) is 10.3. The van der Waals surface area contributed by atoms with E-state index in [-0.39, 0.29) is 0 Å². The zero-order valence-electron chi connectivity index (χ0n) is 60.0. The topological polar surface area (TPSA) is 35.6 Å². The Hall–Kier alpha value is -14.6. The summed E-state index contributed by atoms with van der Waals surface area (Å²) in [7, 11) is 0. The summed E-state index contributed by atoms with van der Waals surface area (Å²) < 4.78 is 4.82. The van der Waals surface area contributed by atoms with Crippen molar-refractivity contribution >= 4 is 108 Å². The van der Waals surface area contributed by atoms with Crippen molar-refractivity contribution < 1.29 is 0 Å². The first-order chi connectivity index (χ1) is 54.6. The molecule has 0 fully saturated rings. The fourth-order valence-electron chi connectivity index (χ4n) is 17.4. The van der Waals surface area contributed by atoms with E-state index in [0.29, 0.717) is 0 Å². The molecule has 22 aromatic rings.